The summed E-state index contributed by atoms with van der Waals surface area (Å²) < 4.78 is 40.4. The van der Waals surface area contributed by atoms with Crippen LogP contribution in [0, 0.1) is 12.7 Å². The van der Waals surface area contributed by atoms with E-state index in [2.05, 4.69) is 5.32 Å². The summed E-state index contributed by atoms with van der Waals surface area (Å²) >= 11 is 0. The van der Waals surface area contributed by atoms with E-state index in [1.54, 1.807) is 67.6 Å². The number of nitrogens with zero attached hydrogens (tertiary/aromatic N) is 1. The molecule has 0 saturated carbocycles. The zero-order valence-electron chi connectivity index (χ0n) is 17.0. The number of sulfonamides is 1. The number of para-hydroxylation sites is 1. The molecule has 5 nitrogen and oxygen atoms in total. The van der Waals surface area contributed by atoms with Crippen LogP contribution in [0.2, 0.25) is 0 Å². The van der Waals surface area contributed by atoms with Crippen LogP contribution in [0.3, 0.4) is 0 Å². The number of carbonyl (C=O) groups excluding carboxylic acids is 1. The van der Waals surface area contributed by atoms with E-state index in [0.29, 0.717) is 0 Å². The second-order valence-electron chi connectivity index (χ2n) is 7.05. The van der Waals surface area contributed by atoms with Crippen molar-refractivity contribution in [2.75, 3.05) is 11.4 Å². The number of hydrogen-bond acceptors (Lipinski definition) is 3. The van der Waals surface area contributed by atoms with Crippen molar-refractivity contribution in [1.82, 2.24) is 5.32 Å². The first-order chi connectivity index (χ1) is 14.2. The molecule has 0 saturated heterocycles. The van der Waals surface area contributed by atoms with Crippen molar-refractivity contribution in [1.29, 1.82) is 0 Å². The molecule has 1 N–H and O–H groups in total. The molecule has 30 heavy (non-hydrogen) atoms. The summed E-state index contributed by atoms with van der Waals surface area (Å²) in [4.78, 5) is 13.1. The van der Waals surface area contributed by atoms with Gasteiger partial charge in [-0.3, -0.25) is 9.10 Å². The zero-order valence-corrected chi connectivity index (χ0v) is 17.8. The minimum absolute atomic E-state index is 0.144. The molecule has 3 rings (SSSR count). The predicted molar refractivity (Wildman–Crippen MR) is 115 cm³/mol. The number of carbonyl (C=O) groups is 1. The molecule has 0 aromatic heterocycles. The molecular formula is C23H23FN2O3S. The molecule has 156 valence electrons. The van der Waals surface area contributed by atoms with E-state index in [1.807, 2.05) is 6.92 Å². The second-order valence-corrected chi connectivity index (χ2v) is 9.02. The molecule has 7 heteroatoms. The Kier molecular flexibility index (Phi) is 6.22. The lowest BCUT2D eigenvalue weighted by Gasteiger charge is -2.23. The fraction of sp³-hybridized carbons (Fsp3) is 0.174. The van der Waals surface area contributed by atoms with Crippen LogP contribution in [-0.4, -0.2) is 21.4 Å². The van der Waals surface area contributed by atoms with Gasteiger partial charge < -0.3 is 5.32 Å². The van der Waals surface area contributed by atoms with Crippen molar-refractivity contribution in [3.05, 3.63) is 95.3 Å². The van der Waals surface area contributed by atoms with Crippen LogP contribution < -0.4 is 9.62 Å². The molecule has 0 bridgehead atoms. The molecular weight excluding hydrogens is 403 g/mol. The van der Waals surface area contributed by atoms with Crippen LogP contribution in [0.25, 0.3) is 0 Å². The summed E-state index contributed by atoms with van der Waals surface area (Å²) in [5.41, 5.74) is 2.18. The Balaban J connectivity index is 1.88. The maximum Gasteiger partial charge on any atom is 0.264 e. The maximum atomic E-state index is 13.1. The number of rotatable bonds is 6. The SMILES string of the molecule is Cc1ccc(S(=O)(=O)N(C)c2ccccc2C(=O)NC(C)c2ccc(F)cc2)cc1. The zero-order chi connectivity index (χ0) is 21.9. The molecule has 0 radical (unpaired) electrons. The summed E-state index contributed by atoms with van der Waals surface area (Å²) in [7, 11) is -2.42. The summed E-state index contributed by atoms with van der Waals surface area (Å²) in [6.07, 6.45) is 0. The van der Waals surface area contributed by atoms with Gasteiger partial charge in [0, 0.05) is 7.05 Å². The van der Waals surface area contributed by atoms with E-state index in [0.717, 1.165) is 15.4 Å². The minimum atomic E-state index is -3.84. The topological polar surface area (TPSA) is 66.5 Å². The van der Waals surface area contributed by atoms with Gasteiger partial charge in [-0.15, -0.1) is 0 Å². The highest BCUT2D eigenvalue weighted by molar-refractivity contribution is 7.92. The Morgan fingerprint density at radius 2 is 1.57 bits per heavy atom. The molecule has 0 heterocycles. The molecule has 0 aliphatic heterocycles. The molecule has 1 amide bonds. The van der Waals surface area contributed by atoms with Crippen molar-refractivity contribution in [2.24, 2.45) is 0 Å². The average Bonchev–Trinajstić information content (AvgIpc) is 2.74. The van der Waals surface area contributed by atoms with Crippen molar-refractivity contribution in [3.63, 3.8) is 0 Å². The first-order valence-electron chi connectivity index (χ1n) is 9.41. The quantitative estimate of drug-likeness (QED) is 0.633. The number of halogens is 1. The summed E-state index contributed by atoms with van der Waals surface area (Å²) in [6, 6.07) is 18.5. The van der Waals surface area contributed by atoms with Gasteiger partial charge in [0.1, 0.15) is 5.82 Å². The van der Waals surface area contributed by atoms with Gasteiger partial charge in [-0.25, -0.2) is 12.8 Å². The van der Waals surface area contributed by atoms with E-state index in [9.17, 15) is 17.6 Å². The Morgan fingerprint density at radius 1 is 0.967 bits per heavy atom. The van der Waals surface area contributed by atoms with E-state index in [4.69, 9.17) is 0 Å². The van der Waals surface area contributed by atoms with E-state index in [1.165, 1.54) is 19.2 Å². The van der Waals surface area contributed by atoms with Crippen LogP contribution >= 0.6 is 0 Å². The fourth-order valence-corrected chi connectivity index (χ4v) is 4.26. The van der Waals surface area contributed by atoms with Crippen LogP contribution in [0.15, 0.2) is 77.7 Å². The Labute approximate surface area is 176 Å². The summed E-state index contributed by atoms with van der Waals surface area (Å²) in [6.45, 7) is 3.66. The number of anilines is 1. The number of hydrogen-bond donors (Lipinski definition) is 1. The molecule has 3 aromatic carbocycles. The van der Waals surface area contributed by atoms with Crippen LogP contribution in [0.5, 0.6) is 0 Å². The van der Waals surface area contributed by atoms with Crippen LogP contribution in [0.1, 0.15) is 34.5 Å². The fourth-order valence-electron chi connectivity index (χ4n) is 3.05. The Morgan fingerprint density at radius 3 is 2.20 bits per heavy atom. The van der Waals surface area contributed by atoms with Gasteiger partial charge in [0.05, 0.1) is 22.2 Å². The van der Waals surface area contributed by atoms with E-state index < -0.39 is 15.9 Å². The highest BCUT2D eigenvalue weighted by Gasteiger charge is 2.25. The summed E-state index contributed by atoms with van der Waals surface area (Å²) in [5.74, 6) is -0.779. The third-order valence-electron chi connectivity index (χ3n) is 4.88. The average molecular weight is 427 g/mol. The van der Waals surface area contributed by atoms with Crippen molar-refractivity contribution in [3.8, 4) is 0 Å². The molecule has 0 aliphatic rings. The van der Waals surface area contributed by atoms with Gasteiger partial charge in [-0.2, -0.15) is 0 Å². The van der Waals surface area contributed by atoms with Crippen molar-refractivity contribution >= 4 is 21.6 Å². The standard InChI is InChI=1S/C23H23FN2O3S/c1-16-8-14-20(15-9-16)30(28,29)26(3)22-7-5-4-6-21(22)23(27)25-17(2)18-10-12-19(24)13-11-18/h4-15,17H,1-3H3,(H,25,27). The third kappa shape index (κ3) is 4.52. The van der Waals surface area contributed by atoms with E-state index >= 15 is 0 Å². The normalized spacial score (nSPS) is 12.3. The minimum Gasteiger partial charge on any atom is -0.345 e. The first kappa shape index (κ1) is 21.5. The van der Waals surface area contributed by atoms with Gasteiger partial charge >= 0.3 is 0 Å². The maximum absolute atomic E-state index is 13.1. The third-order valence-corrected chi connectivity index (χ3v) is 6.67. The van der Waals surface area contributed by atoms with Gasteiger partial charge in [0.2, 0.25) is 0 Å². The molecule has 3 aromatic rings. The lowest BCUT2D eigenvalue weighted by molar-refractivity contribution is 0.0940. The number of amides is 1. The van der Waals surface area contributed by atoms with Gasteiger partial charge in [0.25, 0.3) is 15.9 Å². The number of benzene rings is 3. The Hall–Kier alpha value is -3.19. The number of nitrogens with one attached hydrogen (secondary N) is 1. The monoisotopic (exact) mass is 426 g/mol. The Bertz CT molecular complexity index is 1140. The molecule has 0 spiro atoms. The van der Waals surface area contributed by atoms with Crippen LogP contribution in [0.4, 0.5) is 10.1 Å². The molecule has 0 aliphatic carbocycles. The van der Waals surface area contributed by atoms with Gasteiger partial charge in [-0.05, 0) is 55.8 Å². The van der Waals surface area contributed by atoms with Crippen LogP contribution in [-0.2, 0) is 10.0 Å². The number of aryl methyl sites for hydroxylation is 1. The second kappa shape index (κ2) is 8.67. The lowest BCUT2D eigenvalue weighted by Crippen LogP contribution is -2.31. The highest BCUT2D eigenvalue weighted by Crippen LogP contribution is 2.26. The largest absolute Gasteiger partial charge is 0.345 e. The molecule has 0 fully saturated rings. The van der Waals surface area contributed by atoms with Gasteiger partial charge in [0.15, 0.2) is 0 Å². The van der Waals surface area contributed by atoms with Crippen molar-refractivity contribution in [2.45, 2.75) is 24.8 Å². The summed E-state index contributed by atoms with van der Waals surface area (Å²) in [5, 5.41) is 2.84. The van der Waals surface area contributed by atoms with E-state index in [-0.39, 0.29) is 28.0 Å². The van der Waals surface area contributed by atoms with Crippen molar-refractivity contribution < 1.29 is 17.6 Å². The molecule has 1 unspecified atom stereocenters. The predicted octanol–water partition coefficient (Wildman–Crippen LogP) is 4.45. The molecule has 1 atom stereocenters. The first-order valence-corrected chi connectivity index (χ1v) is 10.8. The smallest absolute Gasteiger partial charge is 0.264 e. The highest BCUT2D eigenvalue weighted by atomic mass is 32.2. The lowest BCUT2D eigenvalue weighted by atomic mass is 10.1. The van der Waals surface area contributed by atoms with Gasteiger partial charge in [-0.1, -0.05) is 42.0 Å².